The van der Waals surface area contributed by atoms with Gasteiger partial charge in [-0.15, -0.1) is 0 Å². The summed E-state index contributed by atoms with van der Waals surface area (Å²) >= 11 is 0. The maximum atomic E-state index is 12.5. The van der Waals surface area contributed by atoms with Gasteiger partial charge in [-0.1, -0.05) is 29.8 Å². The third-order valence-electron chi connectivity index (χ3n) is 3.48. The number of rotatable bonds is 2. The number of fused-ring (bicyclic) bond motifs is 1. The average Bonchev–Trinajstić information content (AvgIpc) is 2.75. The molecule has 2 aromatic carbocycles. The molecule has 0 saturated heterocycles. The van der Waals surface area contributed by atoms with Crippen molar-refractivity contribution in [2.24, 2.45) is 0 Å². The molecule has 20 heavy (non-hydrogen) atoms. The van der Waals surface area contributed by atoms with E-state index in [1.165, 1.54) is 0 Å². The highest BCUT2D eigenvalue weighted by molar-refractivity contribution is 6.10. The molecule has 1 heterocycles. The lowest BCUT2D eigenvalue weighted by molar-refractivity contribution is 0.101. The minimum atomic E-state index is -0.0997. The lowest BCUT2D eigenvalue weighted by Crippen LogP contribution is -2.01. The Labute approximate surface area is 117 Å². The summed E-state index contributed by atoms with van der Waals surface area (Å²) in [6.45, 7) is 3.88. The molecule has 0 amide bonds. The van der Waals surface area contributed by atoms with E-state index in [-0.39, 0.29) is 5.78 Å². The smallest absolute Gasteiger partial charge is 0.228 e. The van der Waals surface area contributed by atoms with Crippen molar-refractivity contribution in [1.29, 1.82) is 0 Å². The molecule has 3 heteroatoms. The van der Waals surface area contributed by atoms with Gasteiger partial charge >= 0.3 is 0 Å². The zero-order chi connectivity index (χ0) is 14.3. The lowest BCUT2D eigenvalue weighted by Gasteiger charge is -1.99. The van der Waals surface area contributed by atoms with Crippen LogP contribution in [-0.4, -0.2) is 5.78 Å². The minimum Gasteiger partial charge on any atom is -0.452 e. The molecule has 0 unspecified atom stereocenters. The Bertz CT molecular complexity index is 798. The van der Waals surface area contributed by atoms with E-state index < -0.39 is 0 Å². The largest absolute Gasteiger partial charge is 0.452 e. The summed E-state index contributed by atoms with van der Waals surface area (Å²) in [6.07, 6.45) is 0. The molecule has 0 radical (unpaired) electrons. The van der Waals surface area contributed by atoms with E-state index in [9.17, 15) is 4.79 Å². The Balaban J connectivity index is 2.12. The molecule has 0 aliphatic heterocycles. The molecule has 0 aliphatic carbocycles. The summed E-state index contributed by atoms with van der Waals surface area (Å²) in [5, 5.41) is 0.926. The number of nitrogen functional groups attached to an aromatic ring is 1. The molecule has 1 aromatic heterocycles. The van der Waals surface area contributed by atoms with Gasteiger partial charge in [0.2, 0.25) is 5.78 Å². The highest BCUT2D eigenvalue weighted by Crippen LogP contribution is 2.28. The van der Waals surface area contributed by atoms with Crippen LogP contribution in [0.15, 0.2) is 46.9 Å². The fraction of sp³-hybridized carbons (Fsp3) is 0.118. The van der Waals surface area contributed by atoms with E-state index in [1.54, 1.807) is 6.07 Å². The number of nitrogens with two attached hydrogens (primary N) is 1. The molecule has 100 valence electrons. The SMILES string of the molecule is Cc1ccc(C(=O)c2oc3cc(N)ccc3c2C)cc1. The third-order valence-corrected chi connectivity index (χ3v) is 3.48. The van der Waals surface area contributed by atoms with Crippen molar-refractivity contribution in [2.45, 2.75) is 13.8 Å². The standard InChI is InChI=1S/C17H15NO2/c1-10-3-5-12(6-4-10)16(19)17-11(2)14-8-7-13(18)9-15(14)20-17/h3-9H,18H2,1-2H3. The molecule has 3 rings (SSSR count). The Hall–Kier alpha value is -2.55. The van der Waals surface area contributed by atoms with Crippen LogP contribution >= 0.6 is 0 Å². The molecular formula is C17H15NO2. The van der Waals surface area contributed by atoms with Gasteiger partial charge in [0.25, 0.3) is 0 Å². The molecule has 0 spiro atoms. The molecular weight excluding hydrogens is 250 g/mol. The van der Waals surface area contributed by atoms with Gasteiger partial charge < -0.3 is 10.2 Å². The van der Waals surface area contributed by atoms with Crippen LogP contribution in [-0.2, 0) is 0 Å². The van der Waals surface area contributed by atoms with Crippen LogP contribution in [0.2, 0.25) is 0 Å². The Morgan fingerprint density at radius 1 is 1.05 bits per heavy atom. The highest BCUT2D eigenvalue weighted by atomic mass is 16.3. The fourth-order valence-corrected chi connectivity index (χ4v) is 2.29. The summed E-state index contributed by atoms with van der Waals surface area (Å²) < 4.78 is 5.70. The Kier molecular flexibility index (Phi) is 2.83. The van der Waals surface area contributed by atoms with Gasteiger partial charge in [-0.3, -0.25) is 4.79 Å². The predicted molar refractivity (Wildman–Crippen MR) is 80.0 cm³/mol. The van der Waals surface area contributed by atoms with Gasteiger partial charge in [0.05, 0.1) is 0 Å². The topological polar surface area (TPSA) is 56.2 Å². The molecule has 0 atom stereocenters. The number of ketones is 1. The quantitative estimate of drug-likeness (QED) is 0.565. The van der Waals surface area contributed by atoms with E-state index in [0.717, 1.165) is 16.5 Å². The molecule has 2 N–H and O–H groups in total. The molecule has 0 aliphatic rings. The molecule has 0 saturated carbocycles. The summed E-state index contributed by atoms with van der Waals surface area (Å²) in [6, 6.07) is 12.9. The highest BCUT2D eigenvalue weighted by Gasteiger charge is 2.19. The van der Waals surface area contributed by atoms with Gasteiger partial charge in [-0.2, -0.15) is 0 Å². The second-order valence-corrected chi connectivity index (χ2v) is 5.01. The van der Waals surface area contributed by atoms with Crippen molar-refractivity contribution in [3.05, 3.63) is 64.9 Å². The van der Waals surface area contributed by atoms with Crippen molar-refractivity contribution >= 4 is 22.4 Å². The number of carbonyl (C=O) groups is 1. The van der Waals surface area contributed by atoms with Gasteiger partial charge in [-0.05, 0) is 26.0 Å². The second kappa shape index (κ2) is 4.53. The predicted octanol–water partition coefficient (Wildman–Crippen LogP) is 3.86. The number of anilines is 1. The number of hydrogen-bond acceptors (Lipinski definition) is 3. The van der Waals surface area contributed by atoms with Crippen LogP contribution in [0.25, 0.3) is 11.0 Å². The van der Waals surface area contributed by atoms with Crippen LogP contribution in [0.5, 0.6) is 0 Å². The fourth-order valence-electron chi connectivity index (χ4n) is 2.29. The van der Waals surface area contributed by atoms with Gasteiger partial charge in [0, 0.05) is 28.3 Å². The van der Waals surface area contributed by atoms with Crippen molar-refractivity contribution in [2.75, 3.05) is 5.73 Å². The van der Waals surface area contributed by atoms with Crippen LogP contribution in [0.1, 0.15) is 27.2 Å². The average molecular weight is 265 g/mol. The second-order valence-electron chi connectivity index (χ2n) is 5.01. The third kappa shape index (κ3) is 1.97. The first-order valence-electron chi connectivity index (χ1n) is 6.46. The van der Waals surface area contributed by atoms with Crippen LogP contribution < -0.4 is 5.73 Å². The van der Waals surface area contributed by atoms with Crippen molar-refractivity contribution < 1.29 is 9.21 Å². The first kappa shape index (κ1) is 12.5. The van der Waals surface area contributed by atoms with Crippen LogP contribution in [0.3, 0.4) is 0 Å². The van der Waals surface area contributed by atoms with E-state index in [0.29, 0.717) is 22.6 Å². The first-order valence-corrected chi connectivity index (χ1v) is 6.46. The van der Waals surface area contributed by atoms with E-state index in [4.69, 9.17) is 10.2 Å². The minimum absolute atomic E-state index is 0.0997. The lowest BCUT2D eigenvalue weighted by atomic mass is 10.0. The van der Waals surface area contributed by atoms with Gasteiger partial charge in [-0.25, -0.2) is 0 Å². The number of carbonyl (C=O) groups excluding carboxylic acids is 1. The van der Waals surface area contributed by atoms with Crippen LogP contribution in [0, 0.1) is 13.8 Å². The molecule has 3 nitrogen and oxygen atoms in total. The zero-order valence-electron chi connectivity index (χ0n) is 11.4. The monoisotopic (exact) mass is 265 g/mol. The maximum absolute atomic E-state index is 12.5. The molecule has 0 bridgehead atoms. The normalized spacial score (nSPS) is 10.9. The van der Waals surface area contributed by atoms with E-state index in [2.05, 4.69) is 0 Å². The van der Waals surface area contributed by atoms with Crippen LogP contribution in [0.4, 0.5) is 5.69 Å². The van der Waals surface area contributed by atoms with E-state index >= 15 is 0 Å². The number of benzene rings is 2. The number of aryl methyl sites for hydroxylation is 2. The van der Waals surface area contributed by atoms with Gasteiger partial charge in [0.15, 0.2) is 5.76 Å². The summed E-state index contributed by atoms with van der Waals surface area (Å²) in [4.78, 5) is 12.5. The zero-order valence-corrected chi connectivity index (χ0v) is 11.4. The van der Waals surface area contributed by atoms with E-state index in [1.807, 2.05) is 50.2 Å². The summed E-state index contributed by atoms with van der Waals surface area (Å²) in [7, 11) is 0. The number of hydrogen-bond donors (Lipinski definition) is 1. The molecule has 3 aromatic rings. The maximum Gasteiger partial charge on any atom is 0.228 e. The number of furan rings is 1. The Morgan fingerprint density at radius 3 is 2.45 bits per heavy atom. The Morgan fingerprint density at radius 2 is 1.75 bits per heavy atom. The van der Waals surface area contributed by atoms with Crippen molar-refractivity contribution in [3.8, 4) is 0 Å². The van der Waals surface area contributed by atoms with Gasteiger partial charge in [0.1, 0.15) is 5.58 Å². The van der Waals surface area contributed by atoms with Crippen molar-refractivity contribution in [1.82, 2.24) is 0 Å². The molecule has 0 fully saturated rings. The first-order chi connectivity index (χ1) is 9.56. The summed E-state index contributed by atoms with van der Waals surface area (Å²) in [5.41, 5.74) is 9.62. The van der Waals surface area contributed by atoms with Crippen molar-refractivity contribution in [3.63, 3.8) is 0 Å². The summed E-state index contributed by atoms with van der Waals surface area (Å²) in [5.74, 6) is 0.284.